The van der Waals surface area contributed by atoms with Gasteiger partial charge in [-0.05, 0) is 39.0 Å². The number of thioether (sulfide) groups is 1. The third-order valence-electron chi connectivity index (χ3n) is 3.66. The van der Waals surface area contributed by atoms with Crippen molar-refractivity contribution in [3.63, 3.8) is 0 Å². The van der Waals surface area contributed by atoms with Crippen molar-refractivity contribution in [1.29, 1.82) is 0 Å². The molecule has 0 bridgehead atoms. The van der Waals surface area contributed by atoms with E-state index in [1.165, 1.54) is 17.8 Å². The third-order valence-corrected chi connectivity index (χ3v) is 6.16. The lowest BCUT2D eigenvalue weighted by Crippen LogP contribution is -2.27. The van der Waals surface area contributed by atoms with E-state index >= 15 is 0 Å². The SMILES string of the molecule is CC(C)(C)[S+]([O-])/N=C1\c2ccccc2SCc2c1ccc(F)c2F. The molecule has 2 nitrogen and oxygen atoms in total. The van der Waals surface area contributed by atoms with E-state index in [-0.39, 0.29) is 5.56 Å². The minimum Gasteiger partial charge on any atom is -0.591 e. The Kier molecular flexibility index (Phi) is 4.73. The summed E-state index contributed by atoms with van der Waals surface area (Å²) < 4.78 is 44.4. The van der Waals surface area contributed by atoms with E-state index in [4.69, 9.17) is 0 Å². The molecule has 0 saturated heterocycles. The molecule has 0 fully saturated rings. The molecule has 24 heavy (non-hydrogen) atoms. The predicted octanol–water partition coefficient (Wildman–Crippen LogP) is 4.87. The average Bonchev–Trinajstić information content (AvgIpc) is 2.68. The van der Waals surface area contributed by atoms with Crippen molar-refractivity contribution in [3.05, 3.63) is 64.7 Å². The molecule has 0 saturated carbocycles. The zero-order valence-corrected chi connectivity index (χ0v) is 15.2. The monoisotopic (exact) mass is 365 g/mol. The number of halogens is 2. The molecule has 2 aromatic rings. The van der Waals surface area contributed by atoms with E-state index in [9.17, 15) is 13.3 Å². The Bertz CT molecular complexity index is 815. The molecule has 1 unspecified atom stereocenters. The van der Waals surface area contributed by atoms with Gasteiger partial charge in [0.25, 0.3) is 0 Å². The Morgan fingerprint density at radius 1 is 1.08 bits per heavy atom. The lowest BCUT2D eigenvalue weighted by molar-refractivity contribution is 0.502. The molecular weight excluding hydrogens is 348 g/mol. The van der Waals surface area contributed by atoms with Crippen molar-refractivity contribution >= 4 is 28.8 Å². The molecule has 0 N–H and O–H groups in total. The summed E-state index contributed by atoms with van der Waals surface area (Å²) >= 11 is -0.0796. The van der Waals surface area contributed by atoms with Crippen LogP contribution in [0.25, 0.3) is 0 Å². The maximum Gasteiger partial charge on any atom is 0.163 e. The first kappa shape index (κ1) is 17.5. The van der Waals surface area contributed by atoms with E-state index in [0.717, 1.165) is 16.5 Å². The van der Waals surface area contributed by atoms with Gasteiger partial charge in [-0.15, -0.1) is 11.8 Å². The maximum atomic E-state index is 14.3. The highest BCUT2D eigenvalue weighted by Gasteiger charge is 2.31. The molecule has 0 radical (unpaired) electrons. The Morgan fingerprint density at radius 3 is 2.50 bits per heavy atom. The van der Waals surface area contributed by atoms with Crippen LogP contribution in [-0.4, -0.2) is 15.0 Å². The molecule has 0 spiro atoms. The molecule has 2 aromatic carbocycles. The van der Waals surface area contributed by atoms with Gasteiger partial charge in [-0.3, -0.25) is 0 Å². The quantitative estimate of drug-likeness (QED) is 0.676. The van der Waals surface area contributed by atoms with E-state index in [0.29, 0.717) is 17.0 Å². The van der Waals surface area contributed by atoms with E-state index in [2.05, 4.69) is 4.40 Å². The van der Waals surface area contributed by atoms with Crippen LogP contribution in [-0.2, 0) is 17.1 Å². The summed E-state index contributed by atoms with van der Waals surface area (Å²) in [6, 6.07) is 10.2. The van der Waals surface area contributed by atoms with Gasteiger partial charge in [0, 0.05) is 27.3 Å². The summed E-state index contributed by atoms with van der Waals surface area (Å²) in [7, 11) is 0. The van der Waals surface area contributed by atoms with Crippen LogP contribution in [0.5, 0.6) is 0 Å². The fourth-order valence-corrected chi connectivity index (χ4v) is 4.07. The molecule has 0 aliphatic carbocycles. The summed E-state index contributed by atoms with van der Waals surface area (Å²) in [6.07, 6.45) is 0. The van der Waals surface area contributed by atoms with Crippen molar-refractivity contribution in [2.24, 2.45) is 4.40 Å². The largest absolute Gasteiger partial charge is 0.591 e. The van der Waals surface area contributed by atoms with Crippen molar-refractivity contribution in [2.75, 3.05) is 0 Å². The number of nitrogens with zero attached hydrogens (tertiary/aromatic N) is 1. The van der Waals surface area contributed by atoms with Crippen LogP contribution in [0.15, 0.2) is 45.7 Å². The van der Waals surface area contributed by atoms with Crippen molar-refractivity contribution in [3.8, 4) is 0 Å². The predicted molar refractivity (Wildman–Crippen MR) is 95.9 cm³/mol. The molecule has 6 heteroatoms. The molecule has 1 aliphatic rings. The smallest absolute Gasteiger partial charge is 0.163 e. The molecule has 3 rings (SSSR count). The summed E-state index contributed by atoms with van der Waals surface area (Å²) in [5.41, 5.74) is 2.02. The van der Waals surface area contributed by atoms with Crippen molar-refractivity contribution < 1.29 is 13.3 Å². The second kappa shape index (κ2) is 6.50. The van der Waals surface area contributed by atoms with Crippen LogP contribution in [0.4, 0.5) is 8.78 Å². The molecule has 126 valence electrons. The molecule has 0 amide bonds. The zero-order chi connectivity index (χ0) is 17.5. The Labute approximate surface area is 147 Å². The van der Waals surface area contributed by atoms with Crippen molar-refractivity contribution in [1.82, 2.24) is 0 Å². The number of hydrogen-bond acceptors (Lipinski definition) is 3. The molecule has 0 aromatic heterocycles. The summed E-state index contributed by atoms with van der Waals surface area (Å²) in [5.74, 6) is -1.43. The topological polar surface area (TPSA) is 35.4 Å². The van der Waals surface area contributed by atoms with Gasteiger partial charge in [0.1, 0.15) is 21.8 Å². The summed E-state index contributed by atoms with van der Waals surface area (Å²) in [4.78, 5) is 0.915. The highest BCUT2D eigenvalue weighted by molar-refractivity contribution is 7.98. The first-order chi connectivity index (χ1) is 11.3. The molecular formula is C18H17F2NOS2. The molecule has 1 heterocycles. The average molecular weight is 365 g/mol. The minimum atomic E-state index is -1.51. The van der Waals surface area contributed by atoms with Gasteiger partial charge in [-0.2, -0.15) is 0 Å². The standard InChI is InChI=1S/C18H17F2NOS2/c1-18(2,3)24(22)21-17-11-8-9-14(19)16(20)13(11)10-23-15-7-5-4-6-12(15)17/h4-9H,10H2,1-3H3/b21-17-. The fourth-order valence-electron chi connectivity index (χ4n) is 2.36. The van der Waals surface area contributed by atoms with Gasteiger partial charge in [0.2, 0.25) is 0 Å². The maximum absolute atomic E-state index is 14.3. The summed E-state index contributed by atoms with van der Waals surface area (Å²) in [6.45, 7) is 5.49. The number of fused-ring (bicyclic) bond motifs is 2. The van der Waals surface area contributed by atoms with Crippen LogP contribution in [0.3, 0.4) is 0 Å². The van der Waals surface area contributed by atoms with Gasteiger partial charge in [-0.25, -0.2) is 8.78 Å². The van der Waals surface area contributed by atoms with Crippen LogP contribution in [0, 0.1) is 11.6 Å². The van der Waals surface area contributed by atoms with Crippen LogP contribution >= 0.6 is 11.8 Å². The van der Waals surface area contributed by atoms with Gasteiger partial charge in [0.05, 0.1) is 0 Å². The number of hydrogen-bond donors (Lipinski definition) is 0. The lowest BCUT2D eigenvalue weighted by Gasteiger charge is -2.20. The fraction of sp³-hybridized carbons (Fsp3) is 0.278. The highest BCUT2D eigenvalue weighted by Crippen LogP contribution is 2.36. The van der Waals surface area contributed by atoms with Crippen LogP contribution < -0.4 is 0 Å². The first-order valence-electron chi connectivity index (χ1n) is 7.49. The van der Waals surface area contributed by atoms with Gasteiger partial charge >= 0.3 is 0 Å². The Morgan fingerprint density at radius 2 is 1.79 bits per heavy atom. The minimum absolute atomic E-state index is 0.265. The molecule has 1 atom stereocenters. The zero-order valence-electron chi connectivity index (χ0n) is 13.6. The van der Waals surface area contributed by atoms with Gasteiger partial charge in [0.15, 0.2) is 11.6 Å². The normalized spacial score (nSPS) is 17.2. The number of benzene rings is 2. The molecule has 1 aliphatic heterocycles. The Balaban J connectivity index is 2.26. The second-order valence-corrected chi connectivity index (χ2v) is 9.40. The third kappa shape index (κ3) is 3.23. The van der Waals surface area contributed by atoms with Gasteiger partial charge in [-0.1, -0.05) is 22.6 Å². The van der Waals surface area contributed by atoms with E-state index in [1.807, 2.05) is 45.0 Å². The van der Waals surface area contributed by atoms with Crippen molar-refractivity contribution in [2.45, 2.75) is 36.2 Å². The second-order valence-electron chi connectivity index (χ2n) is 6.47. The number of rotatable bonds is 1. The van der Waals surface area contributed by atoms with Crippen LogP contribution in [0.1, 0.15) is 37.5 Å². The Hall–Kier alpha value is -1.37. The summed E-state index contributed by atoms with van der Waals surface area (Å²) in [5, 5.41) is 0. The highest BCUT2D eigenvalue weighted by atomic mass is 32.2. The van der Waals surface area contributed by atoms with Gasteiger partial charge < -0.3 is 4.55 Å². The van der Waals surface area contributed by atoms with Crippen LogP contribution in [0.2, 0.25) is 0 Å². The first-order valence-corrected chi connectivity index (χ1v) is 9.58. The lowest BCUT2D eigenvalue weighted by atomic mass is 9.98. The van der Waals surface area contributed by atoms with E-state index in [1.54, 1.807) is 0 Å². The van der Waals surface area contributed by atoms with E-state index < -0.39 is 27.7 Å².